The molecule has 35 heavy (non-hydrogen) atoms. The van der Waals surface area contributed by atoms with E-state index < -0.39 is 17.8 Å². The van der Waals surface area contributed by atoms with E-state index in [0.717, 1.165) is 49.6 Å². The third kappa shape index (κ3) is 3.91. The number of anilines is 1. The first-order valence-electron chi connectivity index (χ1n) is 11.3. The van der Waals surface area contributed by atoms with E-state index in [9.17, 15) is 14.4 Å². The molecule has 1 N–H and O–H groups in total. The molecule has 2 aromatic heterocycles. The number of nitrogens with one attached hydrogen (secondary N) is 1. The van der Waals surface area contributed by atoms with Crippen molar-refractivity contribution in [3.63, 3.8) is 0 Å². The van der Waals surface area contributed by atoms with Crippen molar-refractivity contribution in [1.29, 1.82) is 0 Å². The Bertz CT molecular complexity index is 1560. The number of carbonyl (C=O) groups excluding carboxylic acids is 3. The maximum absolute atomic E-state index is 13.4. The second-order valence-electron chi connectivity index (χ2n) is 8.85. The number of rotatable bonds is 3. The van der Waals surface area contributed by atoms with Crippen molar-refractivity contribution in [1.82, 2.24) is 14.9 Å². The first-order chi connectivity index (χ1) is 16.7. The first-order valence-corrected chi connectivity index (χ1v) is 11.3. The molecule has 3 heterocycles. The maximum Gasteiger partial charge on any atom is 0.335 e. The minimum Gasteiger partial charge on any atom is -0.318 e. The fourth-order valence-electron chi connectivity index (χ4n) is 4.66. The van der Waals surface area contributed by atoms with Crippen LogP contribution in [0.2, 0.25) is 0 Å². The van der Waals surface area contributed by atoms with Gasteiger partial charge >= 0.3 is 6.03 Å². The average Bonchev–Trinajstić information content (AvgIpc) is 3.08. The van der Waals surface area contributed by atoms with Crippen LogP contribution in [0.15, 0.2) is 66.4 Å². The third-order valence-electron chi connectivity index (χ3n) is 6.18. The van der Waals surface area contributed by atoms with E-state index in [1.165, 1.54) is 0 Å². The molecule has 0 radical (unpaired) electrons. The van der Waals surface area contributed by atoms with Crippen LogP contribution in [0, 0.1) is 27.7 Å². The highest BCUT2D eigenvalue weighted by Crippen LogP contribution is 2.28. The van der Waals surface area contributed by atoms with Crippen molar-refractivity contribution < 1.29 is 14.4 Å². The van der Waals surface area contributed by atoms with Gasteiger partial charge in [-0.3, -0.25) is 19.9 Å². The standard InChI is InChI=1S/C28H24N4O3/c1-16-10-17(2)12-23(11-16)32-27(34)24(26(33)30-28(32)35)15-21-13-18(3)31(19(21)4)22-7-8-25-20(14-22)6-5-9-29-25/h5-15H,1-4H3,(H,30,33,35)/b24-15-. The van der Waals surface area contributed by atoms with Crippen molar-refractivity contribution >= 4 is 40.5 Å². The summed E-state index contributed by atoms with van der Waals surface area (Å²) in [7, 11) is 0. The summed E-state index contributed by atoms with van der Waals surface area (Å²) < 4.78 is 2.07. The number of aromatic nitrogens is 2. The molecule has 2 aromatic carbocycles. The third-order valence-corrected chi connectivity index (χ3v) is 6.18. The Kier molecular flexibility index (Phi) is 5.32. The molecule has 0 spiro atoms. The quantitative estimate of drug-likeness (QED) is 0.344. The average molecular weight is 465 g/mol. The number of urea groups is 1. The van der Waals surface area contributed by atoms with Crippen LogP contribution < -0.4 is 10.2 Å². The summed E-state index contributed by atoms with van der Waals surface area (Å²) in [6.07, 6.45) is 3.32. The summed E-state index contributed by atoms with van der Waals surface area (Å²) in [4.78, 5) is 44.0. The van der Waals surface area contributed by atoms with Gasteiger partial charge in [-0.1, -0.05) is 12.1 Å². The van der Waals surface area contributed by atoms with Gasteiger partial charge in [0.2, 0.25) is 0 Å². The molecular weight excluding hydrogens is 440 g/mol. The van der Waals surface area contributed by atoms with Gasteiger partial charge in [-0.05, 0) is 92.9 Å². The number of pyridine rings is 1. The largest absolute Gasteiger partial charge is 0.335 e. The molecule has 7 nitrogen and oxygen atoms in total. The molecule has 1 aliphatic heterocycles. The monoisotopic (exact) mass is 464 g/mol. The summed E-state index contributed by atoms with van der Waals surface area (Å²) in [5.74, 6) is -1.35. The second kappa shape index (κ2) is 8.36. The minimum absolute atomic E-state index is 0.0910. The van der Waals surface area contributed by atoms with E-state index >= 15 is 0 Å². The van der Waals surface area contributed by atoms with Crippen LogP contribution in [0.25, 0.3) is 22.7 Å². The molecular formula is C28H24N4O3. The number of hydrogen-bond acceptors (Lipinski definition) is 4. The molecule has 0 unspecified atom stereocenters. The highest BCUT2D eigenvalue weighted by molar-refractivity contribution is 6.39. The number of barbiturate groups is 1. The molecule has 1 aliphatic rings. The number of hydrogen-bond donors (Lipinski definition) is 1. The number of carbonyl (C=O) groups is 3. The fraction of sp³-hybridized carbons (Fsp3) is 0.143. The summed E-state index contributed by atoms with van der Waals surface area (Å²) in [6, 6.07) is 16.5. The Morgan fingerprint density at radius 1 is 0.857 bits per heavy atom. The Balaban J connectivity index is 1.57. The number of nitrogens with zero attached hydrogens (tertiary/aromatic N) is 3. The second-order valence-corrected chi connectivity index (χ2v) is 8.85. The van der Waals surface area contributed by atoms with Gasteiger partial charge in [-0.15, -0.1) is 0 Å². The number of imide groups is 2. The normalized spacial score (nSPS) is 15.3. The molecule has 5 rings (SSSR count). The van der Waals surface area contributed by atoms with Crippen LogP contribution in [0.1, 0.15) is 28.1 Å². The van der Waals surface area contributed by atoms with Crippen molar-refractivity contribution in [2.45, 2.75) is 27.7 Å². The molecule has 174 valence electrons. The number of fused-ring (bicyclic) bond motifs is 1. The van der Waals surface area contributed by atoms with Crippen LogP contribution in [0.3, 0.4) is 0 Å². The topological polar surface area (TPSA) is 84.3 Å². The zero-order chi connectivity index (χ0) is 24.9. The summed E-state index contributed by atoms with van der Waals surface area (Å²) in [5, 5.41) is 3.32. The Morgan fingerprint density at radius 2 is 1.60 bits per heavy atom. The van der Waals surface area contributed by atoms with Gasteiger partial charge in [0, 0.05) is 28.7 Å². The van der Waals surface area contributed by atoms with Gasteiger partial charge in [0.1, 0.15) is 5.57 Å². The molecule has 0 atom stereocenters. The maximum atomic E-state index is 13.4. The molecule has 0 bridgehead atoms. The summed E-state index contributed by atoms with van der Waals surface area (Å²) in [6.45, 7) is 7.69. The van der Waals surface area contributed by atoms with Crippen LogP contribution in [-0.4, -0.2) is 27.4 Å². The van der Waals surface area contributed by atoms with Crippen molar-refractivity contribution in [2.24, 2.45) is 0 Å². The van der Waals surface area contributed by atoms with Gasteiger partial charge in [0.15, 0.2) is 0 Å². The summed E-state index contributed by atoms with van der Waals surface area (Å²) >= 11 is 0. The minimum atomic E-state index is -0.752. The van der Waals surface area contributed by atoms with Crippen LogP contribution >= 0.6 is 0 Å². The first kappa shape index (κ1) is 22.3. The fourth-order valence-corrected chi connectivity index (χ4v) is 4.66. The number of benzene rings is 2. The lowest BCUT2D eigenvalue weighted by molar-refractivity contribution is -0.122. The summed E-state index contributed by atoms with van der Waals surface area (Å²) in [5.41, 5.74) is 6.57. The van der Waals surface area contributed by atoms with Crippen molar-refractivity contribution in [2.75, 3.05) is 4.90 Å². The SMILES string of the molecule is Cc1cc(C)cc(N2C(=O)NC(=O)/C(=C/c3cc(C)n(-c4ccc5ncccc5c4)c3C)C2=O)c1. The molecule has 0 saturated carbocycles. The van der Waals surface area contributed by atoms with E-state index in [2.05, 4.69) is 20.9 Å². The van der Waals surface area contributed by atoms with Crippen LogP contribution in [-0.2, 0) is 9.59 Å². The van der Waals surface area contributed by atoms with Gasteiger partial charge in [-0.2, -0.15) is 0 Å². The zero-order valence-corrected chi connectivity index (χ0v) is 19.9. The molecule has 1 saturated heterocycles. The molecule has 1 fully saturated rings. The Hall–Kier alpha value is -4.52. The van der Waals surface area contributed by atoms with Gasteiger partial charge in [0.05, 0.1) is 11.2 Å². The molecule has 7 heteroatoms. The van der Waals surface area contributed by atoms with Gasteiger partial charge in [0.25, 0.3) is 11.8 Å². The van der Waals surface area contributed by atoms with Gasteiger partial charge < -0.3 is 4.57 Å². The molecule has 4 aromatic rings. The highest BCUT2D eigenvalue weighted by atomic mass is 16.2. The van der Waals surface area contributed by atoms with Crippen LogP contribution in [0.5, 0.6) is 0 Å². The lowest BCUT2D eigenvalue weighted by atomic mass is 10.1. The lowest BCUT2D eigenvalue weighted by Crippen LogP contribution is -2.54. The Morgan fingerprint density at radius 3 is 2.34 bits per heavy atom. The van der Waals surface area contributed by atoms with Crippen molar-refractivity contribution in [3.05, 3.63) is 94.4 Å². The zero-order valence-electron chi connectivity index (χ0n) is 19.9. The predicted molar refractivity (Wildman–Crippen MR) is 135 cm³/mol. The van der Waals surface area contributed by atoms with E-state index in [1.807, 2.05) is 64.1 Å². The van der Waals surface area contributed by atoms with Gasteiger partial charge in [-0.25, -0.2) is 9.69 Å². The van der Waals surface area contributed by atoms with E-state index in [-0.39, 0.29) is 5.57 Å². The highest BCUT2D eigenvalue weighted by Gasteiger charge is 2.37. The predicted octanol–water partition coefficient (Wildman–Crippen LogP) is 4.93. The number of amides is 4. The number of aryl methyl sites for hydroxylation is 3. The van der Waals surface area contributed by atoms with E-state index in [0.29, 0.717) is 5.69 Å². The van der Waals surface area contributed by atoms with Crippen LogP contribution in [0.4, 0.5) is 10.5 Å². The van der Waals surface area contributed by atoms with E-state index in [1.54, 1.807) is 24.4 Å². The lowest BCUT2D eigenvalue weighted by Gasteiger charge is -2.27. The molecule has 4 amide bonds. The Labute approximate surface area is 202 Å². The smallest absolute Gasteiger partial charge is 0.318 e. The van der Waals surface area contributed by atoms with Crippen molar-refractivity contribution in [3.8, 4) is 5.69 Å². The van der Waals surface area contributed by atoms with E-state index in [4.69, 9.17) is 0 Å². The molecule has 0 aliphatic carbocycles.